The minimum atomic E-state index is -0.585. The molecule has 3 rings (SSSR count). The van der Waals surface area contributed by atoms with Crippen LogP contribution in [0.15, 0.2) is 12.1 Å². The maximum atomic E-state index is 12.8. The normalized spacial score (nSPS) is 30.9. The highest BCUT2D eigenvalue weighted by molar-refractivity contribution is 6.36. The van der Waals surface area contributed by atoms with Crippen LogP contribution in [-0.2, 0) is 0 Å². The molecule has 0 amide bonds. The molecular weight excluding hydrogens is 283 g/mol. The van der Waals surface area contributed by atoms with Crippen LogP contribution < -0.4 is 0 Å². The Bertz CT molecular complexity index is 549. The molecule has 19 heavy (non-hydrogen) atoms. The minimum Gasteiger partial charge on any atom is -0.506 e. The molecule has 1 fully saturated rings. The molecule has 2 atom stereocenters. The smallest absolute Gasteiger partial charge is 0.171 e. The average Bonchev–Trinajstić information content (AvgIpc) is 2.98. The van der Waals surface area contributed by atoms with Crippen molar-refractivity contribution in [3.63, 3.8) is 0 Å². The predicted octanol–water partition coefficient (Wildman–Crippen LogP) is 4.72. The number of phenols is 1. The lowest BCUT2D eigenvalue weighted by Crippen LogP contribution is -2.33. The number of ketones is 1. The fourth-order valence-electron chi connectivity index (χ4n) is 3.65. The average molecular weight is 299 g/mol. The third-order valence-corrected chi connectivity index (χ3v) is 5.95. The lowest BCUT2D eigenvalue weighted by Gasteiger charge is -2.33. The number of aromatic hydroxyl groups is 1. The summed E-state index contributed by atoms with van der Waals surface area (Å²) < 4.78 is 0. The summed E-state index contributed by atoms with van der Waals surface area (Å²) in [7, 11) is 0. The maximum absolute atomic E-state index is 12.8. The van der Waals surface area contributed by atoms with Crippen molar-refractivity contribution in [1.29, 1.82) is 0 Å². The van der Waals surface area contributed by atoms with Gasteiger partial charge in [0.2, 0.25) is 0 Å². The Morgan fingerprint density at radius 3 is 2.58 bits per heavy atom. The van der Waals surface area contributed by atoms with Gasteiger partial charge in [0.25, 0.3) is 0 Å². The number of fused-ring (bicyclic) bond motifs is 1. The van der Waals surface area contributed by atoms with E-state index >= 15 is 0 Å². The van der Waals surface area contributed by atoms with Crippen molar-refractivity contribution in [2.75, 3.05) is 0 Å². The Labute approximate surface area is 122 Å². The van der Waals surface area contributed by atoms with E-state index in [1.54, 1.807) is 6.07 Å². The molecule has 0 aliphatic heterocycles. The van der Waals surface area contributed by atoms with Gasteiger partial charge in [0.1, 0.15) is 5.75 Å². The number of alkyl halides is 1. The number of carbonyl (C=O) groups excluding carboxylic acids is 1. The van der Waals surface area contributed by atoms with E-state index in [-0.39, 0.29) is 16.6 Å². The first-order valence-electron chi connectivity index (χ1n) is 6.68. The van der Waals surface area contributed by atoms with Gasteiger partial charge in [0, 0.05) is 11.1 Å². The number of phenolic OH excluding ortho intramolecular Hbond substituents is 1. The van der Waals surface area contributed by atoms with Crippen molar-refractivity contribution in [2.45, 2.75) is 38.0 Å². The highest BCUT2D eigenvalue weighted by atomic mass is 35.5. The van der Waals surface area contributed by atoms with Crippen molar-refractivity contribution in [3.05, 3.63) is 28.3 Å². The molecule has 1 aromatic carbocycles. The van der Waals surface area contributed by atoms with Gasteiger partial charge in [-0.3, -0.25) is 4.79 Å². The molecule has 2 aliphatic carbocycles. The van der Waals surface area contributed by atoms with Crippen LogP contribution in [0.25, 0.3) is 0 Å². The lowest BCUT2D eigenvalue weighted by molar-refractivity contribution is 0.0735. The molecule has 1 saturated carbocycles. The van der Waals surface area contributed by atoms with Crippen LogP contribution in [0.1, 0.15) is 53.9 Å². The van der Waals surface area contributed by atoms with Gasteiger partial charge >= 0.3 is 0 Å². The number of halogens is 2. The summed E-state index contributed by atoms with van der Waals surface area (Å²) in [6, 6.07) is 3.12. The number of hydrogen-bond acceptors (Lipinski definition) is 2. The van der Waals surface area contributed by atoms with Gasteiger partial charge in [-0.15, -0.1) is 11.6 Å². The van der Waals surface area contributed by atoms with Gasteiger partial charge in [-0.25, -0.2) is 0 Å². The fraction of sp³-hybridized carbons (Fsp3) is 0.533. The topological polar surface area (TPSA) is 37.3 Å². The quantitative estimate of drug-likeness (QED) is 0.762. The molecule has 1 N–H and O–H groups in total. The Balaban J connectivity index is 2.13. The van der Waals surface area contributed by atoms with Crippen molar-refractivity contribution >= 4 is 29.0 Å². The predicted molar refractivity (Wildman–Crippen MR) is 76.1 cm³/mol. The van der Waals surface area contributed by atoms with E-state index < -0.39 is 10.8 Å². The Morgan fingerprint density at radius 2 is 1.95 bits per heavy atom. The Hall–Kier alpha value is -0.730. The molecule has 2 nitrogen and oxygen atoms in total. The van der Waals surface area contributed by atoms with Crippen molar-refractivity contribution in [3.8, 4) is 5.75 Å². The van der Waals surface area contributed by atoms with E-state index in [0.717, 1.165) is 25.7 Å². The second kappa shape index (κ2) is 4.39. The van der Waals surface area contributed by atoms with Gasteiger partial charge in [-0.2, -0.15) is 0 Å². The zero-order valence-corrected chi connectivity index (χ0v) is 12.3. The van der Waals surface area contributed by atoms with Crippen molar-refractivity contribution in [2.24, 2.45) is 11.3 Å². The van der Waals surface area contributed by atoms with Crippen LogP contribution in [0.5, 0.6) is 5.75 Å². The highest BCUT2D eigenvalue weighted by Crippen LogP contribution is 2.59. The van der Waals surface area contributed by atoms with Crippen LogP contribution in [-0.4, -0.2) is 10.9 Å². The Kier molecular flexibility index (Phi) is 3.06. The first kappa shape index (κ1) is 13.3. The minimum absolute atomic E-state index is 0.00506. The summed E-state index contributed by atoms with van der Waals surface area (Å²) >= 11 is 12.7. The lowest BCUT2D eigenvalue weighted by atomic mass is 9.72. The van der Waals surface area contributed by atoms with Gasteiger partial charge in [0.15, 0.2) is 5.78 Å². The number of benzene rings is 1. The summed E-state index contributed by atoms with van der Waals surface area (Å²) in [4.78, 5) is 12.8. The number of rotatable bonds is 1. The molecule has 0 radical (unpaired) electrons. The van der Waals surface area contributed by atoms with Gasteiger partial charge in [0.05, 0.1) is 15.8 Å². The maximum Gasteiger partial charge on any atom is 0.171 e. The summed E-state index contributed by atoms with van der Waals surface area (Å²) in [5.41, 5.74) is 0.609. The van der Waals surface area contributed by atoms with Gasteiger partial charge < -0.3 is 5.11 Å². The third kappa shape index (κ3) is 1.66. The molecule has 0 bridgehead atoms. The Morgan fingerprint density at radius 1 is 1.32 bits per heavy atom. The molecule has 2 aliphatic rings. The van der Waals surface area contributed by atoms with E-state index in [4.69, 9.17) is 23.2 Å². The highest BCUT2D eigenvalue weighted by Gasteiger charge is 2.54. The van der Waals surface area contributed by atoms with Crippen molar-refractivity contribution < 1.29 is 9.90 Å². The fourth-order valence-corrected chi connectivity index (χ4v) is 4.48. The SMILES string of the molecule is CC1(C2CCCC2)C(=O)c2ccc(O)c(Cl)c2C1Cl. The summed E-state index contributed by atoms with van der Waals surface area (Å²) in [6.45, 7) is 1.95. The van der Waals surface area contributed by atoms with E-state index in [9.17, 15) is 9.90 Å². The monoisotopic (exact) mass is 298 g/mol. The van der Waals surface area contributed by atoms with E-state index in [2.05, 4.69) is 0 Å². The zero-order valence-electron chi connectivity index (χ0n) is 10.7. The molecule has 1 aromatic rings. The number of carbonyl (C=O) groups is 1. The molecule has 2 unspecified atom stereocenters. The molecule has 0 aromatic heterocycles. The number of Topliss-reactive ketones (excluding diaryl/α,β-unsaturated/α-hetero) is 1. The van der Waals surface area contributed by atoms with Crippen LogP contribution in [0.3, 0.4) is 0 Å². The first-order chi connectivity index (χ1) is 8.98. The van der Waals surface area contributed by atoms with Gasteiger partial charge in [-0.1, -0.05) is 31.4 Å². The molecule has 4 heteroatoms. The molecule has 0 saturated heterocycles. The van der Waals surface area contributed by atoms with Crippen LogP contribution >= 0.6 is 23.2 Å². The van der Waals surface area contributed by atoms with Crippen LogP contribution in [0, 0.1) is 11.3 Å². The molecular formula is C15H16Cl2O2. The first-order valence-corrected chi connectivity index (χ1v) is 7.49. The summed E-state index contributed by atoms with van der Waals surface area (Å²) in [5, 5.41) is 9.50. The van der Waals surface area contributed by atoms with E-state index in [1.807, 2.05) is 6.92 Å². The number of hydrogen-bond donors (Lipinski definition) is 1. The molecule has 0 spiro atoms. The zero-order chi connectivity index (χ0) is 13.8. The van der Waals surface area contributed by atoms with E-state index in [0.29, 0.717) is 17.0 Å². The second-order valence-electron chi connectivity index (χ2n) is 5.82. The standard InChI is InChI=1S/C15H16Cl2O2/c1-15(8-4-2-3-5-8)13(17)11-9(14(15)19)6-7-10(18)12(11)16/h6-8,13,18H,2-5H2,1H3. The van der Waals surface area contributed by atoms with Gasteiger partial charge in [-0.05, 0) is 30.9 Å². The van der Waals surface area contributed by atoms with Crippen molar-refractivity contribution in [1.82, 2.24) is 0 Å². The summed E-state index contributed by atoms with van der Waals surface area (Å²) in [6.07, 6.45) is 4.41. The van der Waals surface area contributed by atoms with E-state index in [1.165, 1.54) is 6.07 Å². The largest absolute Gasteiger partial charge is 0.506 e. The van der Waals surface area contributed by atoms with Crippen LogP contribution in [0.4, 0.5) is 0 Å². The molecule has 102 valence electrons. The second-order valence-corrected chi connectivity index (χ2v) is 6.63. The summed E-state index contributed by atoms with van der Waals surface area (Å²) in [5.74, 6) is 0.388. The van der Waals surface area contributed by atoms with Crippen LogP contribution in [0.2, 0.25) is 5.02 Å². The molecule has 0 heterocycles. The third-order valence-electron chi connectivity index (χ3n) is 4.88.